The Hall–Kier alpha value is -3.06. The molecule has 1 aliphatic heterocycles. The average molecular weight is 444 g/mol. The number of hydrogen-bond donors (Lipinski definition) is 2. The molecule has 3 rings (SSSR count). The van der Waals surface area contributed by atoms with E-state index in [4.69, 9.17) is 16.3 Å². The lowest BCUT2D eigenvalue weighted by atomic mass is 9.88. The van der Waals surface area contributed by atoms with Gasteiger partial charge in [0.15, 0.2) is 5.75 Å². The van der Waals surface area contributed by atoms with Gasteiger partial charge in [0, 0.05) is 0 Å². The van der Waals surface area contributed by atoms with Crippen molar-refractivity contribution < 1.29 is 19.1 Å². The third-order valence-corrected chi connectivity index (χ3v) is 5.43. The summed E-state index contributed by atoms with van der Waals surface area (Å²) >= 11 is 6.15. The molecule has 1 heterocycles. The number of anilines is 1. The van der Waals surface area contributed by atoms with E-state index in [0.717, 1.165) is 17.7 Å². The lowest BCUT2D eigenvalue weighted by Gasteiger charge is -2.25. The van der Waals surface area contributed by atoms with Crippen molar-refractivity contribution in [3.63, 3.8) is 0 Å². The largest absolute Gasteiger partial charge is 0.454 e. The Morgan fingerprint density at radius 1 is 1.03 bits per heavy atom. The number of amides is 4. The summed E-state index contributed by atoms with van der Waals surface area (Å²) in [7, 11) is 0. The molecule has 0 aromatic heterocycles. The normalized spacial score (nSPS) is 15.0. The molecule has 1 saturated heterocycles. The van der Waals surface area contributed by atoms with Crippen molar-refractivity contribution in [3.05, 3.63) is 53.6 Å². The number of ether oxygens (including phenoxy) is 1. The molecular formula is C23H26ClN3O4. The van der Waals surface area contributed by atoms with Gasteiger partial charge in [0.1, 0.15) is 17.8 Å². The fourth-order valence-electron chi connectivity index (χ4n) is 3.78. The van der Waals surface area contributed by atoms with Crippen LogP contribution in [0, 0.1) is 0 Å². The van der Waals surface area contributed by atoms with Crippen molar-refractivity contribution in [2.24, 2.45) is 0 Å². The highest BCUT2D eigenvalue weighted by atomic mass is 35.5. The van der Waals surface area contributed by atoms with Gasteiger partial charge in [0.25, 0.3) is 5.91 Å². The van der Waals surface area contributed by atoms with Gasteiger partial charge >= 0.3 is 6.03 Å². The number of hydrogen-bond acceptors (Lipinski definition) is 4. The Balaban J connectivity index is 1.72. The highest BCUT2D eigenvalue weighted by molar-refractivity contribution is 6.32. The minimum absolute atomic E-state index is 0.350. The number of urea groups is 1. The van der Waals surface area contributed by atoms with E-state index in [9.17, 15) is 14.4 Å². The number of halogens is 1. The Bertz CT molecular complexity index is 973. The topological polar surface area (TPSA) is 87.7 Å². The van der Waals surface area contributed by atoms with E-state index >= 15 is 0 Å². The fourth-order valence-corrected chi connectivity index (χ4v) is 3.95. The van der Waals surface area contributed by atoms with Gasteiger partial charge in [0.05, 0.1) is 10.7 Å². The third kappa shape index (κ3) is 4.99. The molecule has 0 bridgehead atoms. The summed E-state index contributed by atoms with van der Waals surface area (Å²) in [4.78, 5) is 39.1. The fraction of sp³-hybridized carbons (Fsp3) is 0.348. The number of benzene rings is 2. The van der Waals surface area contributed by atoms with Crippen molar-refractivity contribution in [3.8, 4) is 11.5 Å². The Morgan fingerprint density at radius 3 is 2.29 bits per heavy atom. The van der Waals surface area contributed by atoms with Crippen LogP contribution in [0.2, 0.25) is 5.02 Å². The van der Waals surface area contributed by atoms with E-state index in [1.54, 1.807) is 48.5 Å². The molecule has 2 aromatic carbocycles. The SMILES string of the molecule is CCCC1(CCC)NC(=O)N(CC(=O)Nc2ccccc2Oc2ccccc2Cl)C1=O. The highest BCUT2D eigenvalue weighted by Gasteiger charge is 2.50. The van der Waals surface area contributed by atoms with Gasteiger partial charge in [0.2, 0.25) is 5.91 Å². The number of carbonyl (C=O) groups is 3. The van der Waals surface area contributed by atoms with Crippen molar-refractivity contribution >= 4 is 35.1 Å². The number of para-hydroxylation sites is 3. The maximum Gasteiger partial charge on any atom is 0.325 e. The van der Waals surface area contributed by atoms with Crippen LogP contribution >= 0.6 is 11.6 Å². The monoisotopic (exact) mass is 443 g/mol. The van der Waals surface area contributed by atoms with E-state index < -0.39 is 17.5 Å². The highest BCUT2D eigenvalue weighted by Crippen LogP contribution is 2.33. The molecule has 0 atom stereocenters. The van der Waals surface area contributed by atoms with Crippen LogP contribution in [0.1, 0.15) is 39.5 Å². The summed E-state index contributed by atoms with van der Waals surface area (Å²) in [6.07, 6.45) is 2.58. The maximum atomic E-state index is 13.0. The summed E-state index contributed by atoms with van der Waals surface area (Å²) < 4.78 is 5.84. The molecule has 0 aliphatic carbocycles. The summed E-state index contributed by atoms with van der Waals surface area (Å²) in [5.41, 5.74) is -0.515. The first-order valence-corrected chi connectivity index (χ1v) is 10.7. The quantitative estimate of drug-likeness (QED) is 0.536. The molecule has 7 nitrogen and oxygen atoms in total. The minimum atomic E-state index is -0.925. The van der Waals surface area contributed by atoms with Crippen LogP contribution in [0.3, 0.4) is 0 Å². The molecule has 2 aromatic rings. The van der Waals surface area contributed by atoms with Crippen LogP contribution < -0.4 is 15.4 Å². The number of rotatable bonds is 9. The van der Waals surface area contributed by atoms with Crippen LogP contribution in [0.4, 0.5) is 10.5 Å². The van der Waals surface area contributed by atoms with Gasteiger partial charge in [-0.05, 0) is 37.1 Å². The number of imide groups is 1. The van der Waals surface area contributed by atoms with Gasteiger partial charge in [-0.15, -0.1) is 0 Å². The standard InChI is InChI=1S/C23H26ClN3O4/c1-3-13-23(14-4-2)21(29)27(22(30)26-23)15-20(28)25-17-10-6-8-12-19(17)31-18-11-7-5-9-16(18)24/h5-12H,3-4,13-15H2,1-2H3,(H,25,28)(H,26,30). The van der Waals surface area contributed by atoms with E-state index in [-0.39, 0.29) is 12.5 Å². The zero-order chi connectivity index (χ0) is 22.4. The molecule has 31 heavy (non-hydrogen) atoms. The van der Waals surface area contributed by atoms with E-state index in [0.29, 0.717) is 35.1 Å². The molecule has 8 heteroatoms. The summed E-state index contributed by atoms with van der Waals surface area (Å²) in [6.45, 7) is 3.55. The third-order valence-electron chi connectivity index (χ3n) is 5.12. The minimum Gasteiger partial charge on any atom is -0.454 e. The first-order valence-electron chi connectivity index (χ1n) is 10.4. The number of carbonyl (C=O) groups excluding carboxylic acids is 3. The van der Waals surface area contributed by atoms with Crippen LogP contribution in [-0.4, -0.2) is 34.8 Å². The molecule has 0 saturated carbocycles. The second-order valence-electron chi connectivity index (χ2n) is 7.48. The molecule has 2 N–H and O–H groups in total. The molecule has 1 fully saturated rings. The molecule has 164 valence electrons. The van der Waals surface area contributed by atoms with Gasteiger partial charge in [-0.3, -0.25) is 14.5 Å². The zero-order valence-corrected chi connectivity index (χ0v) is 18.4. The van der Waals surface area contributed by atoms with Crippen LogP contribution in [-0.2, 0) is 9.59 Å². The summed E-state index contributed by atoms with van der Waals surface area (Å²) in [6, 6.07) is 13.3. The number of nitrogens with zero attached hydrogens (tertiary/aromatic N) is 1. The molecule has 0 unspecified atom stereocenters. The number of nitrogens with one attached hydrogen (secondary N) is 2. The first-order chi connectivity index (χ1) is 14.9. The second kappa shape index (κ2) is 9.83. The van der Waals surface area contributed by atoms with Crippen LogP contribution in [0.25, 0.3) is 0 Å². The van der Waals surface area contributed by atoms with E-state index in [1.807, 2.05) is 13.8 Å². The molecule has 0 radical (unpaired) electrons. The lowest BCUT2D eigenvalue weighted by Crippen LogP contribution is -2.47. The Labute approximate surface area is 186 Å². The van der Waals surface area contributed by atoms with Crippen LogP contribution in [0.5, 0.6) is 11.5 Å². The van der Waals surface area contributed by atoms with Crippen molar-refractivity contribution in [1.82, 2.24) is 10.2 Å². The smallest absolute Gasteiger partial charge is 0.325 e. The van der Waals surface area contributed by atoms with Gasteiger partial charge < -0.3 is 15.4 Å². The van der Waals surface area contributed by atoms with E-state index in [1.165, 1.54) is 0 Å². The predicted octanol–water partition coefficient (Wildman–Crippen LogP) is 4.96. The van der Waals surface area contributed by atoms with Crippen LogP contribution in [0.15, 0.2) is 48.5 Å². The zero-order valence-electron chi connectivity index (χ0n) is 17.6. The summed E-state index contributed by atoms with van der Waals surface area (Å²) in [5.74, 6) is -0.00389. The van der Waals surface area contributed by atoms with Crippen molar-refractivity contribution in [2.75, 3.05) is 11.9 Å². The Kier molecular flexibility index (Phi) is 7.17. The van der Waals surface area contributed by atoms with Gasteiger partial charge in [-0.1, -0.05) is 62.6 Å². The van der Waals surface area contributed by atoms with Crippen molar-refractivity contribution in [2.45, 2.75) is 45.1 Å². The molecule has 1 aliphatic rings. The van der Waals surface area contributed by atoms with Gasteiger partial charge in [-0.2, -0.15) is 0 Å². The molecular weight excluding hydrogens is 418 g/mol. The lowest BCUT2D eigenvalue weighted by molar-refractivity contribution is -0.134. The van der Waals surface area contributed by atoms with E-state index in [2.05, 4.69) is 10.6 Å². The first kappa shape index (κ1) is 22.6. The molecule has 0 spiro atoms. The second-order valence-corrected chi connectivity index (χ2v) is 7.89. The maximum absolute atomic E-state index is 13.0. The predicted molar refractivity (Wildman–Crippen MR) is 119 cm³/mol. The molecule has 4 amide bonds. The van der Waals surface area contributed by atoms with Crippen molar-refractivity contribution in [1.29, 1.82) is 0 Å². The Morgan fingerprint density at radius 2 is 1.65 bits per heavy atom. The van der Waals surface area contributed by atoms with Gasteiger partial charge in [-0.25, -0.2) is 4.79 Å². The summed E-state index contributed by atoms with van der Waals surface area (Å²) in [5, 5.41) is 5.97. The average Bonchev–Trinajstić information content (AvgIpc) is 2.96.